The van der Waals surface area contributed by atoms with Crippen molar-refractivity contribution in [2.75, 3.05) is 0 Å². The van der Waals surface area contributed by atoms with E-state index in [-0.39, 0.29) is 16.5 Å². The largest absolute Gasteiger partial charge is 0.310 e. The lowest BCUT2D eigenvalue weighted by molar-refractivity contribution is 0.0955. The van der Waals surface area contributed by atoms with Crippen molar-refractivity contribution in [2.24, 2.45) is 5.84 Å². The van der Waals surface area contributed by atoms with Gasteiger partial charge in [-0.3, -0.25) is 15.0 Å². The van der Waals surface area contributed by atoms with Gasteiger partial charge in [-0.2, -0.15) is 0 Å². The van der Waals surface area contributed by atoms with E-state index in [1.807, 2.05) is 5.43 Å². The molecule has 6 heteroatoms. The van der Waals surface area contributed by atoms with Crippen LogP contribution >= 0.6 is 0 Å². The molecule has 16 heavy (non-hydrogen) atoms. The number of H-pyrrole nitrogens is 1. The molecule has 0 atom stereocenters. The fraction of sp³-hybridized carbons (Fsp3) is 0.100. The van der Waals surface area contributed by atoms with E-state index in [9.17, 15) is 9.59 Å². The van der Waals surface area contributed by atoms with Gasteiger partial charge in [0.1, 0.15) is 5.82 Å². The van der Waals surface area contributed by atoms with Gasteiger partial charge in [0.25, 0.3) is 11.5 Å². The summed E-state index contributed by atoms with van der Waals surface area (Å²) in [5.41, 5.74) is 2.34. The summed E-state index contributed by atoms with van der Waals surface area (Å²) in [7, 11) is 0. The summed E-state index contributed by atoms with van der Waals surface area (Å²) < 4.78 is 0. The Labute approximate surface area is 90.5 Å². The molecule has 0 fully saturated rings. The minimum absolute atomic E-state index is 0.216. The first kappa shape index (κ1) is 10.3. The van der Waals surface area contributed by atoms with E-state index in [0.29, 0.717) is 11.3 Å². The number of aromatic amines is 1. The van der Waals surface area contributed by atoms with Crippen LogP contribution in [-0.2, 0) is 0 Å². The van der Waals surface area contributed by atoms with E-state index < -0.39 is 5.91 Å². The van der Waals surface area contributed by atoms with Gasteiger partial charge in [-0.05, 0) is 19.1 Å². The molecule has 6 nitrogen and oxygen atoms in total. The number of benzene rings is 1. The highest BCUT2D eigenvalue weighted by Crippen LogP contribution is 2.12. The number of carbonyl (C=O) groups is 1. The molecule has 1 aromatic carbocycles. The topological polar surface area (TPSA) is 101 Å². The lowest BCUT2D eigenvalue weighted by Crippen LogP contribution is -2.31. The van der Waals surface area contributed by atoms with Crippen molar-refractivity contribution in [1.82, 2.24) is 15.4 Å². The van der Waals surface area contributed by atoms with Gasteiger partial charge in [-0.15, -0.1) is 0 Å². The van der Waals surface area contributed by atoms with Crippen LogP contribution in [0.3, 0.4) is 0 Å². The molecule has 1 heterocycles. The monoisotopic (exact) mass is 218 g/mol. The summed E-state index contributed by atoms with van der Waals surface area (Å²) in [6.45, 7) is 1.68. The molecule has 0 radical (unpaired) electrons. The fourth-order valence-corrected chi connectivity index (χ4v) is 1.57. The highest BCUT2D eigenvalue weighted by molar-refractivity contribution is 6.05. The Morgan fingerprint density at radius 1 is 1.50 bits per heavy atom. The summed E-state index contributed by atoms with van der Waals surface area (Å²) in [5.74, 6) is 5.03. The van der Waals surface area contributed by atoms with Crippen LogP contribution in [0.15, 0.2) is 23.0 Å². The molecule has 0 aliphatic heterocycles. The van der Waals surface area contributed by atoms with Crippen molar-refractivity contribution in [3.8, 4) is 0 Å². The van der Waals surface area contributed by atoms with Crippen molar-refractivity contribution in [3.05, 3.63) is 39.9 Å². The second-order valence-corrected chi connectivity index (χ2v) is 3.32. The van der Waals surface area contributed by atoms with Gasteiger partial charge in [0.05, 0.1) is 16.5 Å². The fourth-order valence-electron chi connectivity index (χ4n) is 1.57. The zero-order valence-electron chi connectivity index (χ0n) is 8.57. The van der Waals surface area contributed by atoms with E-state index in [1.54, 1.807) is 19.1 Å². The van der Waals surface area contributed by atoms with Gasteiger partial charge < -0.3 is 4.98 Å². The van der Waals surface area contributed by atoms with E-state index >= 15 is 0 Å². The Morgan fingerprint density at radius 2 is 2.25 bits per heavy atom. The predicted octanol–water partition coefficient (Wildman–Crippen LogP) is -0.165. The maximum absolute atomic E-state index is 11.7. The molecule has 2 aromatic rings. The first-order valence-electron chi connectivity index (χ1n) is 4.64. The average Bonchev–Trinajstić information content (AvgIpc) is 2.26. The van der Waals surface area contributed by atoms with Gasteiger partial charge in [0.2, 0.25) is 0 Å². The van der Waals surface area contributed by atoms with Crippen LogP contribution in [0.4, 0.5) is 0 Å². The molecule has 1 aromatic heterocycles. The minimum Gasteiger partial charge on any atom is -0.310 e. The summed E-state index contributed by atoms with van der Waals surface area (Å²) >= 11 is 0. The number of nitrogen functional groups attached to an aromatic ring is 1. The van der Waals surface area contributed by atoms with E-state index in [4.69, 9.17) is 5.84 Å². The Hall–Kier alpha value is -2.21. The van der Waals surface area contributed by atoms with E-state index in [0.717, 1.165) is 0 Å². The number of nitrogens with two attached hydrogens (primary N) is 1. The number of nitrogens with zero attached hydrogens (tertiary/aromatic N) is 1. The van der Waals surface area contributed by atoms with Crippen molar-refractivity contribution in [1.29, 1.82) is 0 Å². The van der Waals surface area contributed by atoms with Crippen LogP contribution in [0, 0.1) is 6.92 Å². The number of rotatable bonds is 1. The van der Waals surface area contributed by atoms with Crippen LogP contribution in [-0.4, -0.2) is 15.9 Å². The van der Waals surface area contributed by atoms with Crippen LogP contribution in [0.25, 0.3) is 10.9 Å². The summed E-state index contributed by atoms with van der Waals surface area (Å²) in [4.78, 5) is 29.9. The van der Waals surface area contributed by atoms with Crippen LogP contribution in [0.5, 0.6) is 0 Å². The Kier molecular flexibility index (Phi) is 2.41. The Balaban J connectivity index is 2.87. The highest BCUT2D eigenvalue weighted by Gasteiger charge is 2.12. The SMILES string of the molecule is Cc1nc2cccc(C(=O)NN)c2c(=O)[nH]1. The third kappa shape index (κ3) is 1.55. The molecule has 0 aliphatic rings. The molecule has 0 unspecified atom stereocenters. The van der Waals surface area contributed by atoms with Gasteiger partial charge in [-0.1, -0.05) is 6.07 Å². The third-order valence-electron chi connectivity index (χ3n) is 2.23. The predicted molar refractivity (Wildman–Crippen MR) is 58.8 cm³/mol. The van der Waals surface area contributed by atoms with Crippen molar-refractivity contribution in [3.63, 3.8) is 0 Å². The van der Waals surface area contributed by atoms with Gasteiger partial charge in [0, 0.05) is 0 Å². The number of carbonyl (C=O) groups excluding carboxylic acids is 1. The lowest BCUT2D eigenvalue weighted by atomic mass is 10.1. The summed E-state index contributed by atoms with van der Waals surface area (Å²) in [6.07, 6.45) is 0. The van der Waals surface area contributed by atoms with Crippen LogP contribution < -0.4 is 16.8 Å². The number of hydrazine groups is 1. The number of amides is 1. The maximum atomic E-state index is 11.7. The zero-order valence-corrected chi connectivity index (χ0v) is 8.57. The van der Waals surface area contributed by atoms with Crippen molar-refractivity contribution < 1.29 is 4.79 Å². The molecule has 0 spiro atoms. The number of hydrogen-bond acceptors (Lipinski definition) is 4. The molecule has 82 valence electrons. The summed E-state index contributed by atoms with van der Waals surface area (Å²) in [6, 6.07) is 4.85. The van der Waals surface area contributed by atoms with E-state index in [1.165, 1.54) is 6.07 Å². The summed E-state index contributed by atoms with van der Waals surface area (Å²) in [5, 5.41) is 0.246. The number of nitrogens with one attached hydrogen (secondary N) is 2. The second kappa shape index (κ2) is 3.74. The van der Waals surface area contributed by atoms with E-state index in [2.05, 4.69) is 9.97 Å². The number of hydrogen-bond donors (Lipinski definition) is 3. The third-order valence-corrected chi connectivity index (χ3v) is 2.23. The molecular weight excluding hydrogens is 208 g/mol. The van der Waals surface area contributed by atoms with Crippen molar-refractivity contribution in [2.45, 2.75) is 6.92 Å². The molecule has 1 amide bonds. The molecular formula is C10H10N4O2. The molecule has 4 N–H and O–H groups in total. The molecule has 0 saturated heterocycles. The molecule has 0 bridgehead atoms. The minimum atomic E-state index is -0.512. The first-order valence-corrected chi connectivity index (χ1v) is 4.64. The normalized spacial score (nSPS) is 10.4. The van der Waals surface area contributed by atoms with Crippen molar-refractivity contribution >= 4 is 16.8 Å². The number of fused-ring (bicyclic) bond motifs is 1. The van der Waals surface area contributed by atoms with Gasteiger partial charge >= 0.3 is 0 Å². The Morgan fingerprint density at radius 3 is 2.94 bits per heavy atom. The van der Waals surface area contributed by atoms with Gasteiger partial charge in [-0.25, -0.2) is 10.8 Å². The maximum Gasteiger partial charge on any atom is 0.266 e. The molecule has 2 rings (SSSR count). The average molecular weight is 218 g/mol. The highest BCUT2D eigenvalue weighted by atomic mass is 16.2. The number of aryl methyl sites for hydroxylation is 1. The quantitative estimate of drug-likeness (QED) is 0.351. The van der Waals surface area contributed by atoms with Crippen LogP contribution in [0.2, 0.25) is 0 Å². The molecule has 0 aliphatic carbocycles. The van der Waals surface area contributed by atoms with Gasteiger partial charge in [0.15, 0.2) is 0 Å². The smallest absolute Gasteiger partial charge is 0.266 e. The lowest BCUT2D eigenvalue weighted by Gasteiger charge is -2.04. The first-order chi connectivity index (χ1) is 7.63. The van der Waals surface area contributed by atoms with Crippen LogP contribution in [0.1, 0.15) is 16.2 Å². The number of aromatic nitrogens is 2. The standard InChI is InChI=1S/C10H10N4O2/c1-5-12-7-4-2-3-6(9(15)14-11)8(7)10(16)13-5/h2-4H,11H2,1H3,(H,14,15)(H,12,13,16). The second-order valence-electron chi connectivity index (χ2n) is 3.32. The Bertz CT molecular complexity index is 618. The molecule has 0 saturated carbocycles. The zero-order chi connectivity index (χ0) is 11.7.